The maximum atomic E-state index is 10.3. The number of anilines is 1. The molecule has 3 nitrogen and oxygen atoms in total. The van der Waals surface area contributed by atoms with Gasteiger partial charge in [-0.15, -0.1) is 11.3 Å². The van der Waals surface area contributed by atoms with Gasteiger partial charge in [-0.2, -0.15) is 0 Å². The van der Waals surface area contributed by atoms with Gasteiger partial charge in [0.25, 0.3) is 0 Å². The summed E-state index contributed by atoms with van der Waals surface area (Å²) in [5.74, 6) is 0. The van der Waals surface area contributed by atoms with Crippen LogP contribution < -0.4 is 4.90 Å². The number of benzene rings is 1. The molecule has 1 N–H and O–H groups in total. The first-order valence-electron chi connectivity index (χ1n) is 6.49. The Balaban J connectivity index is 1.75. The normalized spacial score (nSPS) is 17.4. The van der Waals surface area contributed by atoms with Crippen molar-refractivity contribution in [3.8, 4) is 0 Å². The van der Waals surface area contributed by atoms with Gasteiger partial charge in [-0.3, -0.25) is 0 Å². The summed E-state index contributed by atoms with van der Waals surface area (Å²) in [6.07, 6.45) is -0.515. The molecule has 0 saturated carbocycles. The van der Waals surface area contributed by atoms with E-state index in [1.54, 1.807) is 11.3 Å². The quantitative estimate of drug-likeness (QED) is 0.935. The number of aliphatic hydroxyl groups is 1. The topological polar surface area (TPSA) is 32.7 Å². The van der Waals surface area contributed by atoms with Gasteiger partial charge in [-0.25, -0.2) is 0 Å². The van der Waals surface area contributed by atoms with Crippen LogP contribution in [0.5, 0.6) is 0 Å². The highest BCUT2D eigenvalue weighted by molar-refractivity contribution is 7.10. The van der Waals surface area contributed by atoms with E-state index >= 15 is 0 Å². The minimum absolute atomic E-state index is 0.515. The van der Waals surface area contributed by atoms with Crippen molar-refractivity contribution in [3.63, 3.8) is 0 Å². The Morgan fingerprint density at radius 2 is 1.84 bits per heavy atom. The van der Waals surface area contributed by atoms with E-state index in [0.717, 1.165) is 36.7 Å². The maximum Gasteiger partial charge on any atom is 0.113 e. The van der Waals surface area contributed by atoms with Crippen molar-refractivity contribution in [2.24, 2.45) is 0 Å². The van der Waals surface area contributed by atoms with Crippen LogP contribution in [0.15, 0.2) is 41.8 Å². The third kappa shape index (κ3) is 2.81. The molecule has 1 aromatic carbocycles. The summed E-state index contributed by atoms with van der Waals surface area (Å²) in [6, 6.07) is 12.1. The summed E-state index contributed by atoms with van der Waals surface area (Å²) < 4.78 is 5.35. The number of rotatable bonds is 3. The zero-order chi connectivity index (χ0) is 13.1. The van der Waals surface area contributed by atoms with Crippen LogP contribution in [0.2, 0.25) is 0 Å². The lowest BCUT2D eigenvalue weighted by Gasteiger charge is -2.29. The third-order valence-corrected chi connectivity index (χ3v) is 4.32. The Morgan fingerprint density at radius 1 is 1.11 bits per heavy atom. The standard InChI is InChI=1S/C15H17NO2S/c17-15(14-2-1-11-19-14)12-3-5-13(6-4-12)16-7-9-18-10-8-16/h1-6,11,15,17H,7-10H2/t15-/m0/s1. The molecular formula is C15H17NO2S. The Kier molecular flexibility index (Phi) is 3.82. The summed E-state index contributed by atoms with van der Waals surface area (Å²) in [5, 5.41) is 12.2. The molecule has 100 valence electrons. The Labute approximate surface area is 117 Å². The van der Waals surface area contributed by atoms with Crippen molar-refractivity contribution >= 4 is 17.0 Å². The largest absolute Gasteiger partial charge is 0.383 e. The number of aliphatic hydroxyl groups excluding tert-OH is 1. The molecule has 2 heterocycles. The van der Waals surface area contributed by atoms with Crippen LogP contribution in [0.3, 0.4) is 0 Å². The van der Waals surface area contributed by atoms with Gasteiger partial charge in [0.15, 0.2) is 0 Å². The van der Waals surface area contributed by atoms with Crippen LogP contribution in [0.4, 0.5) is 5.69 Å². The van der Waals surface area contributed by atoms with E-state index in [4.69, 9.17) is 4.74 Å². The SMILES string of the molecule is O[C@@H](c1ccc(N2CCOCC2)cc1)c1cccs1. The predicted octanol–water partition coefficient (Wildman–Crippen LogP) is 2.67. The average Bonchev–Trinajstić information content (AvgIpc) is 3.02. The summed E-state index contributed by atoms with van der Waals surface area (Å²) in [5.41, 5.74) is 2.14. The van der Waals surface area contributed by atoms with Crippen molar-refractivity contribution in [2.75, 3.05) is 31.2 Å². The lowest BCUT2D eigenvalue weighted by atomic mass is 10.1. The highest BCUT2D eigenvalue weighted by Gasteiger charge is 2.14. The summed E-state index contributed by atoms with van der Waals surface area (Å²) in [4.78, 5) is 3.30. The Morgan fingerprint density at radius 3 is 2.47 bits per heavy atom. The van der Waals surface area contributed by atoms with Crippen molar-refractivity contribution in [3.05, 3.63) is 52.2 Å². The second kappa shape index (κ2) is 5.74. The molecule has 0 radical (unpaired) electrons. The third-order valence-electron chi connectivity index (χ3n) is 3.40. The van der Waals surface area contributed by atoms with E-state index in [0.29, 0.717) is 0 Å². The van der Waals surface area contributed by atoms with Crippen molar-refractivity contribution < 1.29 is 9.84 Å². The monoisotopic (exact) mass is 275 g/mol. The molecule has 0 unspecified atom stereocenters. The molecule has 1 aromatic heterocycles. The fourth-order valence-electron chi connectivity index (χ4n) is 2.30. The molecule has 19 heavy (non-hydrogen) atoms. The van der Waals surface area contributed by atoms with Gasteiger partial charge >= 0.3 is 0 Å². The number of hydrogen-bond donors (Lipinski definition) is 1. The lowest BCUT2D eigenvalue weighted by molar-refractivity contribution is 0.122. The van der Waals surface area contributed by atoms with Gasteiger partial charge in [-0.05, 0) is 29.1 Å². The average molecular weight is 275 g/mol. The minimum Gasteiger partial charge on any atom is -0.383 e. The Hall–Kier alpha value is -1.36. The van der Waals surface area contributed by atoms with Crippen LogP contribution in [-0.2, 0) is 4.74 Å². The van der Waals surface area contributed by atoms with Crippen LogP contribution in [-0.4, -0.2) is 31.4 Å². The fourth-order valence-corrected chi connectivity index (χ4v) is 3.04. The van der Waals surface area contributed by atoms with Crippen molar-refractivity contribution in [1.82, 2.24) is 0 Å². The van der Waals surface area contributed by atoms with Crippen molar-refractivity contribution in [1.29, 1.82) is 0 Å². The highest BCUT2D eigenvalue weighted by atomic mass is 32.1. The number of ether oxygens (including phenoxy) is 1. The van der Waals surface area contributed by atoms with Gasteiger partial charge in [0.1, 0.15) is 6.10 Å². The molecule has 2 aromatic rings. The van der Waals surface area contributed by atoms with E-state index in [9.17, 15) is 5.11 Å². The predicted molar refractivity (Wildman–Crippen MR) is 77.9 cm³/mol. The molecular weight excluding hydrogens is 258 g/mol. The summed E-state index contributed by atoms with van der Waals surface area (Å²) in [6.45, 7) is 3.46. The van der Waals surface area contributed by atoms with Crippen LogP contribution in [0, 0.1) is 0 Å². The second-order valence-corrected chi connectivity index (χ2v) is 5.59. The smallest absolute Gasteiger partial charge is 0.113 e. The van der Waals surface area contributed by atoms with E-state index in [1.807, 2.05) is 29.6 Å². The van der Waals surface area contributed by atoms with Crippen LogP contribution in [0.1, 0.15) is 16.5 Å². The molecule has 1 fully saturated rings. The molecule has 1 atom stereocenters. The van der Waals surface area contributed by atoms with Gasteiger partial charge < -0.3 is 14.7 Å². The molecule has 4 heteroatoms. The fraction of sp³-hybridized carbons (Fsp3) is 0.333. The zero-order valence-corrected chi connectivity index (χ0v) is 11.5. The van der Waals surface area contributed by atoms with E-state index < -0.39 is 6.10 Å². The van der Waals surface area contributed by atoms with Gasteiger partial charge in [0.05, 0.1) is 13.2 Å². The molecule has 1 saturated heterocycles. The van der Waals surface area contributed by atoms with E-state index in [2.05, 4.69) is 17.0 Å². The molecule has 1 aliphatic rings. The maximum absolute atomic E-state index is 10.3. The number of hydrogen-bond acceptors (Lipinski definition) is 4. The molecule has 3 rings (SSSR count). The van der Waals surface area contributed by atoms with Gasteiger partial charge in [-0.1, -0.05) is 18.2 Å². The van der Waals surface area contributed by atoms with Crippen LogP contribution in [0.25, 0.3) is 0 Å². The molecule has 0 bridgehead atoms. The first-order chi connectivity index (χ1) is 9.34. The molecule has 0 aliphatic carbocycles. The Bertz CT molecular complexity index is 503. The summed E-state index contributed by atoms with van der Waals surface area (Å²) >= 11 is 1.58. The van der Waals surface area contributed by atoms with Gasteiger partial charge in [0.2, 0.25) is 0 Å². The number of thiophene rings is 1. The first-order valence-corrected chi connectivity index (χ1v) is 7.37. The number of morpholine rings is 1. The van der Waals surface area contributed by atoms with Crippen molar-refractivity contribution in [2.45, 2.75) is 6.10 Å². The zero-order valence-electron chi connectivity index (χ0n) is 10.7. The minimum atomic E-state index is -0.515. The van der Waals surface area contributed by atoms with Gasteiger partial charge in [0, 0.05) is 23.7 Å². The highest BCUT2D eigenvalue weighted by Crippen LogP contribution is 2.27. The first kappa shape index (κ1) is 12.7. The second-order valence-electron chi connectivity index (χ2n) is 4.61. The van der Waals surface area contributed by atoms with Crippen LogP contribution >= 0.6 is 11.3 Å². The lowest BCUT2D eigenvalue weighted by Crippen LogP contribution is -2.36. The number of nitrogens with zero attached hydrogens (tertiary/aromatic N) is 1. The van der Waals surface area contributed by atoms with E-state index in [-0.39, 0.29) is 0 Å². The van der Waals surface area contributed by atoms with E-state index in [1.165, 1.54) is 5.69 Å². The molecule has 0 amide bonds. The molecule has 1 aliphatic heterocycles. The summed E-state index contributed by atoms with van der Waals surface area (Å²) in [7, 11) is 0. The molecule has 0 spiro atoms.